The number of imidazole rings is 2. The Hall–Kier alpha value is -1.58. The third-order valence-electron chi connectivity index (χ3n) is 1.66. The van der Waals surface area contributed by atoms with Crippen molar-refractivity contribution >= 4 is 0 Å². The van der Waals surface area contributed by atoms with E-state index in [2.05, 4.69) is 19.9 Å². The molecule has 0 aromatic carbocycles. The zero-order chi connectivity index (χ0) is 12.6. The Morgan fingerprint density at radius 1 is 0.750 bits per heavy atom. The fourth-order valence-electron chi connectivity index (χ4n) is 1.09. The fourth-order valence-corrected chi connectivity index (χ4v) is 1.09. The molecule has 16 heavy (non-hydrogen) atoms. The van der Waals surface area contributed by atoms with E-state index in [1.165, 1.54) is 0 Å². The van der Waals surface area contributed by atoms with Gasteiger partial charge in [0.25, 0.3) is 0 Å². The largest absolute Gasteiger partial charge is 0.346 e. The number of hydrogen-bond acceptors (Lipinski definition) is 2. The molecule has 0 saturated heterocycles. The molecule has 2 heterocycles. The molecule has 0 bridgehead atoms. The van der Waals surface area contributed by atoms with E-state index in [9.17, 15) is 0 Å². The summed E-state index contributed by atoms with van der Waals surface area (Å²) >= 11 is 0. The van der Waals surface area contributed by atoms with Crippen LogP contribution in [0.15, 0.2) is 12.4 Å². The van der Waals surface area contributed by atoms with Crippen molar-refractivity contribution in [3.05, 3.63) is 35.4 Å². The first-order valence-electron chi connectivity index (χ1n) is 5.54. The van der Waals surface area contributed by atoms with Gasteiger partial charge in [0, 0.05) is 23.8 Å². The molecule has 2 aromatic rings. The summed E-state index contributed by atoms with van der Waals surface area (Å²) in [4.78, 5) is 14.0. The molecule has 2 aromatic heterocycles. The summed E-state index contributed by atoms with van der Waals surface area (Å²) in [6, 6.07) is 0. The van der Waals surface area contributed by atoms with Gasteiger partial charge < -0.3 is 9.97 Å². The fraction of sp³-hybridized carbons (Fsp3) is 0.500. The Bertz CT molecular complexity index is 316. The van der Waals surface area contributed by atoms with Crippen molar-refractivity contribution in [2.24, 2.45) is 0 Å². The third-order valence-corrected chi connectivity index (χ3v) is 1.66. The van der Waals surface area contributed by atoms with E-state index in [0.717, 1.165) is 23.0 Å². The maximum atomic E-state index is 3.96. The molecule has 0 radical (unpaired) electrons. The summed E-state index contributed by atoms with van der Waals surface area (Å²) in [5.41, 5.74) is 2.25. The van der Waals surface area contributed by atoms with Gasteiger partial charge in [0.05, 0.1) is 0 Å². The van der Waals surface area contributed by atoms with Gasteiger partial charge in [-0.1, -0.05) is 13.8 Å². The highest BCUT2D eigenvalue weighted by molar-refractivity contribution is 4.96. The van der Waals surface area contributed by atoms with Crippen LogP contribution >= 0.6 is 0 Å². The molecular formula is C12H22N4. The molecule has 4 nitrogen and oxygen atoms in total. The second-order valence-corrected chi connectivity index (χ2v) is 3.30. The molecule has 0 spiro atoms. The van der Waals surface area contributed by atoms with Crippen LogP contribution in [-0.4, -0.2) is 19.9 Å². The third kappa shape index (κ3) is 6.01. The van der Waals surface area contributed by atoms with Gasteiger partial charge in [-0.25, -0.2) is 9.97 Å². The predicted molar refractivity (Wildman–Crippen MR) is 67.5 cm³/mol. The van der Waals surface area contributed by atoms with Gasteiger partial charge in [-0.15, -0.1) is 0 Å². The minimum atomic E-state index is 0.984. The van der Waals surface area contributed by atoms with Crippen molar-refractivity contribution in [2.75, 3.05) is 0 Å². The topological polar surface area (TPSA) is 57.4 Å². The highest BCUT2D eigenvalue weighted by atomic mass is 14.9. The minimum absolute atomic E-state index is 0.984. The standard InChI is InChI=1S/2C5H8N2.C2H6/c2*1-4-3-6-5(2)7-4;1-2/h2*3H,1-2H3,(H,6,7);1-2H3. The molecule has 4 heteroatoms. The van der Waals surface area contributed by atoms with E-state index in [-0.39, 0.29) is 0 Å². The summed E-state index contributed by atoms with van der Waals surface area (Å²) in [5, 5.41) is 0. The number of aromatic amines is 2. The summed E-state index contributed by atoms with van der Waals surface area (Å²) < 4.78 is 0. The molecule has 2 N–H and O–H groups in total. The number of hydrogen-bond donors (Lipinski definition) is 2. The van der Waals surface area contributed by atoms with Crippen LogP contribution < -0.4 is 0 Å². The van der Waals surface area contributed by atoms with Gasteiger partial charge in [-0.2, -0.15) is 0 Å². The molecule has 2 rings (SSSR count). The lowest BCUT2D eigenvalue weighted by atomic mass is 10.6. The monoisotopic (exact) mass is 222 g/mol. The maximum Gasteiger partial charge on any atom is 0.103 e. The van der Waals surface area contributed by atoms with E-state index in [1.807, 2.05) is 53.9 Å². The Kier molecular flexibility index (Phi) is 6.92. The number of nitrogens with one attached hydrogen (secondary N) is 2. The van der Waals surface area contributed by atoms with Crippen LogP contribution in [0, 0.1) is 27.7 Å². The Morgan fingerprint density at radius 2 is 1.06 bits per heavy atom. The normalized spacial score (nSPS) is 8.62. The van der Waals surface area contributed by atoms with Crippen molar-refractivity contribution in [3.8, 4) is 0 Å². The minimum Gasteiger partial charge on any atom is -0.346 e. The van der Waals surface area contributed by atoms with Gasteiger partial charge >= 0.3 is 0 Å². The summed E-state index contributed by atoms with van der Waals surface area (Å²) in [6.45, 7) is 11.8. The van der Waals surface area contributed by atoms with Crippen LogP contribution in [0.2, 0.25) is 0 Å². The maximum absolute atomic E-state index is 3.96. The molecule has 0 amide bonds. The van der Waals surface area contributed by atoms with Gasteiger partial charge in [0.1, 0.15) is 11.6 Å². The molecular weight excluding hydrogens is 200 g/mol. The second-order valence-electron chi connectivity index (χ2n) is 3.30. The van der Waals surface area contributed by atoms with Crippen molar-refractivity contribution in [3.63, 3.8) is 0 Å². The molecule has 0 fully saturated rings. The summed E-state index contributed by atoms with van der Waals surface area (Å²) in [7, 11) is 0. The number of aromatic nitrogens is 4. The SMILES string of the molecule is CC.Cc1cnc(C)[nH]1.Cc1cnc(C)[nH]1. The molecule has 0 unspecified atom stereocenters. The van der Waals surface area contributed by atoms with Crippen molar-refractivity contribution < 1.29 is 0 Å². The Balaban J connectivity index is 0.000000244. The van der Waals surface area contributed by atoms with Gasteiger partial charge in [-0.05, 0) is 27.7 Å². The van der Waals surface area contributed by atoms with Crippen molar-refractivity contribution in [1.82, 2.24) is 19.9 Å². The number of rotatable bonds is 0. The zero-order valence-corrected chi connectivity index (χ0v) is 11.0. The number of nitrogens with zero attached hydrogens (tertiary/aromatic N) is 2. The average molecular weight is 222 g/mol. The van der Waals surface area contributed by atoms with Crippen LogP contribution in [0.3, 0.4) is 0 Å². The molecule has 0 atom stereocenters. The smallest absolute Gasteiger partial charge is 0.103 e. The van der Waals surface area contributed by atoms with Gasteiger partial charge in [0.15, 0.2) is 0 Å². The van der Waals surface area contributed by atoms with E-state index >= 15 is 0 Å². The van der Waals surface area contributed by atoms with Crippen LogP contribution in [0.5, 0.6) is 0 Å². The van der Waals surface area contributed by atoms with E-state index < -0.39 is 0 Å². The molecule has 0 aliphatic rings. The number of H-pyrrole nitrogens is 2. The number of aryl methyl sites for hydroxylation is 4. The molecule has 0 aliphatic carbocycles. The second kappa shape index (κ2) is 7.68. The molecule has 0 saturated carbocycles. The highest BCUT2D eigenvalue weighted by Gasteiger charge is 1.84. The molecule has 0 aliphatic heterocycles. The Labute approximate surface area is 97.5 Å². The van der Waals surface area contributed by atoms with E-state index in [1.54, 1.807) is 0 Å². The van der Waals surface area contributed by atoms with Crippen LogP contribution in [0.1, 0.15) is 36.9 Å². The van der Waals surface area contributed by atoms with Crippen molar-refractivity contribution in [1.29, 1.82) is 0 Å². The van der Waals surface area contributed by atoms with Gasteiger partial charge in [0.2, 0.25) is 0 Å². The van der Waals surface area contributed by atoms with E-state index in [4.69, 9.17) is 0 Å². The summed E-state index contributed by atoms with van der Waals surface area (Å²) in [5.74, 6) is 1.97. The first kappa shape index (κ1) is 14.4. The van der Waals surface area contributed by atoms with Crippen LogP contribution in [0.25, 0.3) is 0 Å². The quantitative estimate of drug-likeness (QED) is 0.719. The first-order chi connectivity index (χ1) is 7.58. The predicted octanol–water partition coefficient (Wildman–Crippen LogP) is 3.08. The average Bonchev–Trinajstić information content (AvgIpc) is 2.80. The lowest BCUT2D eigenvalue weighted by Gasteiger charge is -1.74. The zero-order valence-electron chi connectivity index (χ0n) is 11.0. The van der Waals surface area contributed by atoms with Crippen molar-refractivity contribution in [2.45, 2.75) is 41.5 Å². The van der Waals surface area contributed by atoms with Crippen LogP contribution in [0.4, 0.5) is 0 Å². The van der Waals surface area contributed by atoms with Gasteiger partial charge in [-0.3, -0.25) is 0 Å². The first-order valence-corrected chi connectivity index (χ1v) is 5.54. The highest BCUT2D eigenvalue weighted by Crippen LogP contribution is 1.90. The summed E-state index contributed by atoms with van der Waals surface area (Å²) in [6.07, 6.45) is 3.63. The van der Waals surface area contributed by atoms with Crippen LogP contribution in [-0.2, 0) is 0 Å². The molecule has 90 valence electrons. The lowest BCUT2D eigenvalue weighted by Crippen LogP contribution is -1.70. The van der Waals surface area contributed by atoms with E-state index in [0.29, 0.717) is 0 Å². The lowest BCUT2D eigenvalue weighted by molar-refractivity contribution is 1.13. The Morgan fingerprint density at radius 3 is 1.12 bits per heavy atom.